The Labute approximate surface area is 362 Å². The smallest absolute Gasteiger partial charge is 0.0541 e. The predicted molar refractivity (Wildman–Crippen MR) is 263 cm³/mol. The summed E-state index contributed by atoms with van der Waals surface area (Å²) in [5.41, 5.74) is 18.5. The van der Waals surface area contributed by atoms with Gasteiger partial charge in [0.1, 0.15) is 0 Å². The molecule has 11 rings (SSSR count). The van der Waals surface area contributed by atoms with Gasteiger partial charge in [0, 0.05) is 33.5 Å². The SMILES string of the molecule is c1ccc(-c2cc(-c3cccc(N(c4cccc(-c5ccccc5)c4)c4cccc(-c5ccccc5)c4)c3)cc(-c3cccc(-n4c5ccccc5c5ccccc54)c3)c2)cc1. The van der Waals surface area contributed by atoms with Crippen molar-refractivity contribution in [2.45, 2.75) is 0 Å². The Bertz CT molecular complexity index is 3210. The maximum absolute atomic E-state index is 2.40. The lowest BCUT2D eigenvalue weighted by molar-refractivity contribution is 1.18. The first-order valence-corrected chi connectivity index (χ1v) is 21.2. The Kier molecular flexibility index (Phi) is 9.57. The van der Waals surface area contributed by atoms with Gasteiger partial charge in [-0.05, 0) is 134 Å². The van der Waals surface area contributed by atoms with E-state index in [4.69, 9.17) is 0 Å². The van der Waals surface area contributed by atoms with E-state index in [1.165, 1.54) is 55.2 Å². The highest BCUT2D eigenvalue weighted by Crippen LogP contribution is 2.41. The lowest BCUT2D eigenvalue weighted by Crippen LogP contribution is -2.10. The van der Waals surface area contributed by atoms with Crippen LogP contribution in [0.4, 0.5) is 17.1 Å². The lowest BCUT2D eigenvalue weighted by atomic mass is 9.93. The molecule has 0 saturated carbocycles. The third kappa shape index (κ3) is 7.04. The molecule has 0 aliphatic carbocycles. The Morgan fingerprint density at radius 1 is 0.226 bits per heavy atom. The minimum absolute atomic E-state index is 1.08. The van der Waals surface area contributed by atoms with Crippen LogP contribution in [0.5, 0.6) is 0 Å². The average molecular weight is 791 g/mol. The van der Waals surface area contributed by atoms with Gasteiger partial charge in [0.15, 0.2) is 0 Å². The van der Waals surface area contributed by atoms with Gasteiger partial charge >= 0.3 is 0 Å². The Balaban J connectivity index is 1.06. The number of benzene rings is 10. The fraction of sp³-hybridized carbons (Fsp3) is 0. The highest BCUT2D eigenvalue weighted by atomic mass is 15.1. The Hall–Kier alpha value is -8.20. The van der Waals surface area contributed by atoms with Gasteiger partial charge in [-0.3, -0.25) is 0 Å². The second kappa shape index (κ2) is 16.1. The molecule has 0 atom stereocenters. The Morgan fingerprint density at radius 3 is 1.00 bits per heavy atom. The molecular weight excluding hydrogens is 749 g/mol. The topological polar surface area (TPSA) is 8.17 Å². The maximum atomic E-state index is 2.40. The largest absolute Gasteiger partial charge is 0.310 e. The van der Waals surface area contributed by atoms with Crippen LogP contribution in [0.25, 0.3) is 83.1 Å². The van der Waals surface area contributed by atoms with Crippen molar-refractivity contribution in [3.63, 3.8) is 0 Å². The predicted octanol–water partition coefficient (Wildman–Crippen LogP) is 16.6. The van der Waals surface area contributed by atoms with Crippen molar-refractivity contribution in [2.24, 2.45) is 0 Å². The van der Waals surface area contributed by atoms with E-state index in [1.807, 2.05) is 0 Å². The molecule has 0 fully saturated rings. The van der Waals surface area contributed by atoms with Gasteiger partial charge in [0.05, 0.1) is 11.0 Å². The average Bonchev–Trinajstić information content (AvgIpc) is 3.69. The molecule has 11 aromatic rings. The molecular formula is C60H42N2. The van der Waals surface area contributed by atoms with E-state index in [0.29, 0.717) is 0 Å². The van der Waals surface area contributed by atoms with Crippen molar-refractivity contribution in [3.8, 4) is 61.3 Å². The van der Waals surface area contributed by atoms with Crippen molar-refractivity contribution < 1.29 is 0 Å². The number of aromatic nitrogens is 1. The van der Waals surface area contributed by atoms with E-state index in [9.17, 15) is 0 Å². The molecule has 0 bridgehead atoms. The van der Waals surface area contributed by atoms with Crippen molar-refractivity contribution >= 4 is 38.9 Å². The number of hydrogen-bond donors (Lipinski definition) is 0. The van der Waals surface area contributed by atoms with Crippen LogP contribution in [-0.4, -0.2) is 4.57 Å². The summed E-state index contributed by atoms with van der Waals surface area (Å²) in [6, 6.07) is 92.2. The number of para-hydroxylation sites is 2. The lowest BCUT2D eigenvalue weighted by Gasteiger charge is -2.27. The van der Waals surface area contributed by atoms with Crippen LogP contribution in [0.15, 0.2) is 255 Å². The summed E-state index contributed by atoms with van der Waals surface area (Å²) in [4.78, 5) is 2.39. The zero-order valence-corrected chi connectivity index (χ0v) is 34.1. The molecule has 0 N–H and O–H groups in total. The van der Waals surface area contributed by atoms with Crippen LogP contribution < -0.4 is 4.90 Å². The first-order chi connectivity index (χ1) is 30.7. The molecule has 0 unspecified atom stereocenters. The standard InChI is InChI=1S/C60H42N2/c1-4-18-43(19-5-1)46-24-14-28-53(39-46)61(54-29-15-25-47(40-54)44-20-6-2-7-21-44)55-30-16-26-48(41-55)51-36-50(45-22-8-3-9-23-45)37-52(38-51)49-27-17-31-56(42-49)62-59-34-12-10-32-57(59)58-33-11-13-35-60(58)62/h1-42H. The monoisotopic (exact) mass is 790 g/mol. The first-order valence-electron chi connectivity index (χ1n) is 21.2. The van der Waals surface area contributed by atoms with E-state index < -0.39 is 0 Å². The number of nitrogens with zero attached hydrogens (tertiary/aromatic N) is 2. The van der Waals surface area contributed by atoms with Gasteiger partial charge in [0.2, 0.25) is 0 Å². The van der Waals surface area contributed by atoms with Crippen molar-refractivity contribution in [2.75, 3.05) is 4.90 Å². The van der Waals surface area contributed by atoms with Crippen molar-refractivity contribution in [1.82, 2.24) is 4.57 Å². The molecule has 292 valence electrons. The summed E-state index contributed by atoms with van der Waals surface area (Å²) in [7, 11) is 0. The summed E-state index contributed by atoms with van der Waals surface area (Å²) in [5.74, 6) is 0. The van der Waals surface area contributed by atoms with Gasteiger partial charge < -0.3 is 9.47 Å². The van der Waals surface area contributed by atoms with E-state index in [-0.39, 0.29) is 0 Å². The molecule has 1 heterocycles. The van der Waals surface area contributed by atoms with E-state index in [0.717, 1.165) is 45.0 Å². The van der Waals surface area contributed by atoms with Crippen LogP contribution in [-0.2, 0) is 0 Å². The van der Waals surface area contributed by atoms with Gasteiger partial charge in [-0.1, -0.05) is 176 Å². The second-order valence-electron chi connectivity index (χ2n) is 15.8. The molecule has 0 spiro atoms. The molecule has 0 amide bonds. The quantitative estimate of drug-likeness (QED) is 0.141. The molecule has 0 aliphatic heterocycles. The Morgan fingerprint density at radius 2 is 0.548 bits per heavy atom. The molecule has 2 heteroatoms. The third-order valence-corrected chi connectivity index (χ3v) is 11.9. The molecule has 0 aliphatic rings. The number of hydrogen-bond acceptors (Lipinski definition) is 1. The van der Waals surface area contributed by atoms with Crippen LogP contribution in [0.2, 0.25) is 0 Å². The van der Waals surface area contributed by atoms with E-state index in [2.05, 4.69) is 264 Å². The molecule has 0 saturated heterocycles. The zero-order chi connectivity index (χ0) is 41.2. The molecule has 2 nitrogen and oxygen atoms in total. The summed E-state index contributed by atoms with van der Waals surface area (Å²) >= 11 is 0. The highest BCUT2D eigenvalue weighted by molar-refractivity contribution is 6.09. The maximum Gasteiger partial charge on any atom is 0.0541 e. The number of anilines is 3. The zero-order valence-electron chi connectivity index (χ0n) is 34.1. The van der Waals surface area contributed by atoms with Crippen molar-refractivity contribution in [3.05, 3.63) is 255 Å². The second-order valence-corrected chi connectivity index (χ2v) is 15.8. The van der Waals surface area contributed by atoms with Gasteiger partial charge in [0.25, 0.3) is 0 Å². The van der Waals surface area contributed by atoms with E-state index >= 15 is 0 Å². The van der Waals surface area contributed by atoms with Gasteiger partial charge in [-0.15, -0.1) is 0 Å². The summed E-state index contributed by atoms with van der Waals surface area (Å²) in [6.45, 7) is 0. The summed E-state index contributed by atoms with van der Waals surface area (Å²) in [5, 5.41) is 2.52. The molecule has 10 aromatic carbocycles. The first kappa shape index (κ1) is 36.8. The van der Waals surface area contributed by atoms with Crippen LogP contribution >= 0.6 is 0 Å². The minimum atomic E-state index is 1.08. The fourth-order valence-electron chi connectivity index (χ4n) is 8.97. The third-order valence-electron chi connectivity index (χ3n) is 11.9. The molecule has 0 radical (unpaired) electrons. The molecule has 1 aromatic heterocycles. The van der Waals surface area contributed by atoms with Crippen LogP contribution in [0.1, 0.15) is 0 Å². The van der Waals surface area contributed by atoms with Gasteiger partial charge in [-0.25, -0.2) is 0 Å². The van der Waals surface area contributed by atoms with Crippen LogP contribution in [0.3, 0.4) is 0 Å². The fourth-order valence-corrected chi connectivity index (χ4v) is 8.97. The van der Waals surface area contributed by atoms with E-state index in [1.54, 1.807) is 0 Å². The minimum Gasteiger partial charge on any atom is -0.310 e. The van der Waals surface area contributed by atoms with Gasteiger partial charge in [-0.2, -0.15) is 0 Å². The number of rotatable bonds is 9. The normalized spacial score (nSPS) is 11.2. The highest BCUT2D eigenvalue weighted by Gasteiger charge is 2.17. The van der Waals surface area contributed by atoms with Crippen LogP contribution in [0, 0.1) is 0 Å². The van der Waals surface area contributed by atoms with Crippen molar-refractivity contribution in [1.29, 1.82) is 0 Å². The molecule has 62 heavy (non-hydrogen) atoms. The summed E-state index contributed by atoms with van der Waals surface area (Å²) < 4.78 is 2.40. The summed E-state index contributed by atoms with van der Waals surface area (Å²) in [6.07, 6.45) is 0. The number of fused-ring (bicyclic) bond motifs is 3.